The van der Waals surface area contributed by atoms with Crippen molar-refractivity contribution < 1.29 is 9.53 Å². The van der Waals surface area contributed by atoms with Gasteiger partial charge in [0.2, 0.25) is 0 Å². The first-order valence-electron chi connectivity index (χ1n) is 9.38. The lowest BCUT2D eigenvalue weighted by atomic mass is 10.0. The van der Waals surface area contributed by atoms with E-state index < -0.39 is 11.7 Å². The van der Waals surface area contributed by atoms with Crippen LogP contribution in [0.2, 0.25) is 0 Å². The molecule has 0 saturated carbocycles. The molecule has 1 aliphatic heterocycles. The van der Waals surface area contributed by atoms with Crippen molar-refractivity contribution >= 4 is 12.1 Å². The Labute approximate surface area is 153 Å². The number of rotatable bonds is 7. The summed E-state index contributed by atoms with van der Waals surface area (Å²) in [6, 6.07) is 0.515. The highest BCUT2D eigenvalue weighted by Gasteiger charge is 2.24. The van der Waals surface area contributed by atoms with Gasteiger partial charge in [-0.2, -0.15) is 0 Å². The van der Waals surface area contributed by atoms with Crippen LogP contribution < -0.4 is 16.0 Å². The molecule has 0 aromatic rings. The number of ether oxygens (including phenoxy) is 1. The van der Waals surface area contributed by atoms with E-state index in [1.165, 1.54) is 25.9 Å². The first-order chi connectivity index (χ1) is 11.7. The summed E-state index contributed by atoms with van der Waals surface area (Å²) in [6.45, 7) is 14.4. The van der Waals surface area contributed by atoms with Crippen LogP contribution in [0, 0.1) is 5.92 Å². The molecule has 0 aliphatic carbocycles. The molecule has 1 amide bonds. The molecule has 0 bridgehead atoms. The van der Waals surface area contributed by atoms with Crippen molar-refractivity contribution in [2.75, 3.05) is 39.8 Å². The Morgan fingerprint density at radius 1 is 1.12 bits per heavy atom. The molecule has 7 nitrogen and oxygen atoms in total. The van der Waals surface area contributed by atoms with E-state index in [-0.39, 0.29) is 0 Å². The molecule has 3 N–H and O–H groups in total. The van der Waals surface area contributed by atoms with Crippen LogP contribution in [0.3, 0.4) is 0 Å². The van der Waals surface area contributed by atoms with Crippen molar-refractivity contribution in [2.45, 2.75) is 59.1 Å². The summed E-state index contributed by atoms with van der Waals surface area (Å²) in [4.78, 5) is 18.4. The van der Waals surface area contributed by atoms with Crippen molar-refractivity contribution in [1.29, 1.82) is 0 Å². The average molecular weight is 356 g/mol. The maximum atomic E-state index is 11.6. The molecule has 7 heteroatoms. The van der Waals surface area contributed by atoms with Crippen LogP contribution in [0.25, 0.3) is 0 Å². The van der Waals surface area contributed by atoms with E-state index in [0.717, 1.165) is 12.5 Å². The lowest BCUT2D eigenvalue weighted by molar-refractivity contribution is 0.0529. The number of amides is 1. The molecule has 1 aliphatic rings. The second kappa shape index (κ2) is 10.5. The third-order valence-electron chi connectivity index (χ3n) is 4.17. The van der Waals surface area contributed by atoms with Gasteiger partial charge in [-0.15, -0.1) is 0 Å². The van der Waals surface area contributed by atoms with E-state index in [0.29, 0.717) is 25.0 Å². The summed E-state index contributed by atoms with van der Waals surface area (Å²) >= 11 is 0. The fourth-order valence-electron chi connectivity index (χ4n) is 2.94. The number of aliphatic imine (C=N–C) groups is 1. The molecular weight excluding hydrogens is 318 g/mol. The molecule has 1 atom stereocenters. The van der Waals surface area contributed by atoms with Crippen molar-refractivity contribution in [2.24, 2.45) is 10.9 Å². The van der Waals surface area contributed by atoms with Gasteiger partial charge in [-0.05, 0) is 52.6 Å². The highest BCUT2D eigenvalue weighted by atomic mass is 16.6. The Kier molecular flexibility index (Phi) is 9.03. The van der Waals surface area contributed by atoms with Crippen molar-refractivity contribution in [3.8, 4) is 0 Å². The predicted molar refractivity (Wildman–Crippen MR) is 103 cm³/mol. The number of guanidine groups is 1. The molecule has 1 saturated heterocycles. The Morgan fingerprint density at radius 3 is 2.24 bits per heavy atom. The number of alkyl carbamates (subject to hydrolysis) is 1. The van der Waals surface area contributed by atoms with Gasteiger partial charge in [0.15, 0.2) is 5.96 Å². The summed E-state index contributed by atoms with van der Waals surface area (Å²) in [7, 11) is 1.76. The molecule has 1 unspecified atom stereocenters. The molecule has 146 valence electrons. The molecule has 0 aromatic heterocycles. The van der Waals surface area contributed by atoms with Gasteiger partial charge in [-0.3, -0.25) is 9.89 Å². The van der Waals surface area contributed by atoms with Crippen LogP contribution in [-0.2, 0) is 4.74 Å². The minimum Gasteiger partial charge on any atom is -0.444 e. The zero-order valence-corrected chi connectivity index (χ0v) is 16.8. The molecule has 0 aromatic carbocycles. The Balaban J connectivity index is 2.28. The number of likely N-dealkylation sites (tertiary alicyclic amines) is 1. The topological polar surface area (TPSA) is 78.0 Å². The van der Waals surface area contributed by atoms with Crippen molar-refractivity contribution in [1.82, 2.24) is 20.9 Å². The quantitative estimate of drug-likeness (QED) is 0.369. The number of carbonyl (C=O) groups is 1. The predicted octanol–water partition coefficient (Wildman–Crippen LogP) is 1.80. The maximum absolute atomic E-state index is 11.6. The Bertz CT molecular complexity index is 426. The molecular formula is C18H37N5O2. The van der Waals surface area contributed by atoms with E-state index >= 15 is 0 Å². The molecule has 25 heavy (non-hydrogen) atoms. The van der Waals surface area contributed by atoms with Gasteiger partial charge in [0, 0.05) is 32.7 Å². The molecule has 0 spiro atoms. The molecule has 1 heterocycles. The molecule has 1 fully saturated rings. The highest BCUT2D eigenvalue weighted by molar-refractivity contribution is 5.79. The van der Waals surface area contributed by atoms with E-state index in [9.17, 15) is 4.79 Å². The van der Waals surface area contributed by atoms with Crippen molar-refractivity contribution in [3.05, 3.63) is 0 Å². The summed E-state index contributed by atoms with van der Waals surface area (Å²) in [6.07, 6.45) is 2.20. The van der Waals surface area contributed by atoms with Crippen LogP contribution in [0.5, 0.6) is 0 Å². The minimum absolute atomic E-state index is 0.397. The fourth-order valence-corrected chi connectivity index (χ4v) is 2.94. The summed E-state index contributed by atoms with van der Waals surface area (Å²) < 4.78 is 5.20. The van der Waals surface area contributed by atoms with E-state index in [4.69, 9.17) is 4.74 Å². The number of hydrogen-bond donors (Lipinski definition) is 3. The third kappa shape index (κ3) is 8.95. The van der Waals surface area contributed by atoms with E-state index in [1.54, 1.807) is 7.05 Å². The summed E-state index contributed by atoms with van der Waals surface area (Å²) in [5.74, 6) is 1.35. The normalized spacial score (nSPS) is 17.5. The second-order valence-corrected chi connectivity index (χ2v) is 7.86. The standard InChI is InChI=1S/C18H37N5O2/c1-14(2)15(23-11-7-8-12-23)13-22-16(19-6)20-9-10-21-17(24)25-18(3,4)5/h14-15H,7-13H2,1-6H3,(H,21,24)(H2,19,20,22). The Morgan fingerprint density at radius 2 is 1.72 bits per heavy atom. The maximum Gasteiger partial charge on any atom is 0.407 e. The van der Waals surface area contributed by atoms with Crippen LogP contribution >= 0.6 is 0 Å². The average Bonchev–Trinajstić information content (AvgIpc) is 3.01. The summed E-state index contributed by atoms with van der Waals surface area (Å²) in [5.41, 5.74) is -0.476. The van der Waals surface area contributed by atoms with E-state index in [1.807, 2.05) is 20.8 Å². The van der Waals surface area contributed by atoms with Crippen LogP contribution in [0.1, 0.15) is 47.5 Å². The summed E-state index contributed by atoms with van der Waals surface area (Å²) in [5, 5.41) is 9.36. The number of hydrogen-bond acceptors (Lipinski definition) is 4. The van der Waals surface area contributed by atoms with Gasteiger partial charge in [-0.1, -0.05) is 13.8 Å². The lowest BCUT2D eigenvalue weighted by Gasteiger charge is -2.31. The number of carbonyl (C=O) groups excluding carboxylic acids is 1. The van der Waals surface area contributed by atoms with Gasteiger partial charge in [0.1, 0.15) is 5.60 Å². The van der Waals surface area contributed by atoms with Crippen LogP contribution in [-0.4, -0.2) is 68.4 Å². The Hall–Kier alpha value is -1.50. The third-order valence-corrected chi connectivity index (χ3v) is 4.17. The first-order valence-corrected chi connectivity index (χ1v) is 9.38. The molecule has 1 rings (SSSR count). The zero-order valence-electron chi connectivity index (χ0n) is 16.8. The second-order valence-electron chi connectivity index (χ2n) is 7.86. The number of nitrogens with one attached hydrogen (secondary N) is 3. The zero-order chi connectivity index (χ0) is 18.9. The lowest BCUT2D eigenvalue weighted by Crippen LogP contribution is -2.49. The van der Waals surface area contributed by atoms with Gasteiger partial charge in [0.25, 0.3) is 0 Å². The number of nitrogens with zero attached hydrogens (tertiary/aromatic N) is 2. The smallest absolute Gasteiger partial charge is 0.407 e. The van der Waals surface area contributed by atoms with Crippen molar-refractivity contribution in [3.63, 3.8) is 0 Å². The SMILES string of the molecule is CN=C(NCCNC(=O)OC(C)(C)C)NCC(C(C)C)N1CCCC1. The van der Waals surface area contributed by atoms with Crippen LogP contribution in [0.4, 0.5) is 4.79 Å². The first kappa shape index (κ1) is 21.5. The largest absolute Gasteiger partial charge is 0.444 e. The molecule has 0 radical (unpaired) electrons. The van der Waals surface area contributed by atoms with Crippen LogP contribution in [0.15, 0.2) is 4.99 Å². The van der Waals surface area contributed by atoms with Gasteiger partial charge < -0.3 is 20.7 Å². The monoisotopic (exact) mass is 355 g/mol. The highest BCUT2D eigenvalue weighted by Crippen LogP contribution is 2.17. The van der Waals surface area contributed by atoms with Gasteiger partial charge in [0.05, 0.1) is 0 Å². The minimum atomic E-state index is -0.476. The fraction of sp³-hybridized carbons (Fsp3) is 0.889. The van der Waals surface area contributed by atoms with Gasteiger partial charge in [-0.25, -0.2) is 4.79 Å². The van der Waals surface area contributed by atoms with E-state index in [2.05, 4.69) is 39.7 Å². The van der Waals surface area contributed by atoms with Gasteiger partial charge >= 0.3 is 6.09 Å².